The predicted octanol–water partition coefficient (Wildman–Crippen LogP) is 2.93. The van der Waals surface area contributed by atoms with Crippen molar-refractivity contribution in [2.45, 2.75) is 38.6 Å². The van der Waals surface area contributed by atoms with E-state index < -0.39 is 0 Å². The number of carbonyl (C=O) groups excluding carboxylic acids is 1. The van der Waals surface area contributed by atoms with Crippen LogP contribution >= 0.6 is 11.6 Å². The molecule has 3 rings (SSSR count). The molecule has 2 aliphatic heterocycles. The van der Waals surface area contributed by atoms with Gasteiger partial charge >= 0.3 is 0 Å². The molecule has 0 aromatic heterocycles. The third kappa shape index (κ3) is 3.12. The lowest BCUT2D eigenvalue weighted by Gasteiger charge is -2.42. The average Bonchev–Trinajstić information content (AvgIpc) is 2.97. The van der Waals surface area contributed by atoms with E-state index in [2.05, 4.69) is 11.8 Å². The fraction of sp³-hybridized carbons (Fsp3) is 0.611. The third-order valence-electron chi connectivity index (χ3n) is 5.71. The van der Waals surface area contributed by atoms with Crippen LogP contribution in [-0.2, 0) is 4.79 Å². The summed E-state index contributed by atoms with van der Waals surface area (Å²) in [4.78, 5) is 16.9. The molecule has 1 atom stereocenters. The van der Waals surface area contributed by atoms with E-state index in [1.807, 2.05) is 29.2 Å². The number of benzene rings is 1. The molecule has 1 aromatic rings. The van der Waals surface area contributed by atoms with Gasteiger partial charge in [0, 0.05) is 13.2 Å². The first-order valence-electron chi connectivity index (χ1n) is 8.51. The van der Waals surface area contributed by atoms with Crippen LogP contribution in [0.2, 0.25) is 5.02 Å². The first-order chi connectivity index (χ1) is 11.1. The monoisotopic (exact) mass is 336 g/mol. The van der Waals surface area contributed by atoms with E-state index in [4.69, 9.17) is 11.6 Å². The van der Waals surface area contributed by atoms with Crippen molar-refractivity contribution in [1.82, 2.24) is 4.90 Å². The highest BCUT2D eigenvalue weighted by molar-refractivity contribution is 6.33. The van der Waals surface area contributed by atoms with E-state index in [1.54, 1.807) is 0 Å². The maximum atomic E-state index is 12.8. The van der Waals surface area contributed by atoms with Gasteiger partial charge in [0.05, 0.1) is 16.8 Å². The molecule has 126 valence electrons. The highest BCUT2D eigenvalue weighted by Gasteiger charge is 2.41. The Labute approximate surface area is 143 Å². The second-order valence-corrected chi connectivity index (χ2v) is 7.20. The van der Waals surface area contributed by atoms with Crippen LogP contribution in [0.5, 0.6) is 0 Å². The van der Waals surface area contributed by atoms with Crippen LogP contribution in [0.15, 0.2) is 24.3 Å². The topological polar surface area (TPSA) is 43.8 Å². The molecular weight excluding hydrogens is 312 g/mol. The van der Waals surface area contributed by atoms with E-state index >= 15 is 0 Å². The normalized spacial score (nSPS) is 25.1. The van der Waals surface area contributed by atoms with Crippen molar-refractivity contribution in [1.29, 1.82) is 0 Å². The van der Waals surface area contributed by atoms with Gasteiger partial charge in [0.1, 0.15) is 0 Å². The Balaban J connectivity index is 1.68. The lowest BCUT2D eigenvalue weighted by atomic mass is 9.76. The molecule has 23 heavy (non-hydrogen) atoms. The molecule has 0 radical (unpaired) electrons. The van der Waals surface area contributed by atoms with Gasteiger partial charge in [-0.2, -0.15) is 0 Å². The van der Waals surface area contributed by atoms with E-state index in [0.717, 1.165) is 51.0 Å². The number of halogens is 1. The molecular formula is C18H25ClN2O2. The zero-order valence-corrected chi connectivity index (χ0v) is 14.4. The molecule has 0 saturated carbocycles. The fourth-order valence-electron chi connectivity index (χ4n) is 3.85. The Kier molecular flexibility index (Phi) is 4.95. The molecule has 2 heterocycles. The highest BCUT2D eigenvalue weighted by Crippen LogP contribution is 2.37. The largest absolute Gasteiger partial charge is 0.396 e. The molecule has 2 fully saturated rings. The summed E-state index contributed by atoms with van der Waals surface area (Å²) in [6.07, 6.45) is 3.79. The summed E-state index contributed by atoms with van der Waals surface area (Å²) in [5, 5.41) is 10.3. The van der Waals surface area contributed by atoms with Crippen LogP contribution < -0.4 is 4.90 Å². The molecule has 2 saturated heterocycles. The molecule has 1 aromatic carbocycles. The van der Waals surface area contributed by atoms with Crippen LogP contribution in [0.25, 0.3) is 0 Å². The Morgan fingerprint density at radius 3 is 2.57 bits per heavy atom. The number of piperidine rings is 1. The second kappa shape index (κ2) is 6.80. The molecule has 4 nitrogen and oxygen atoms in total. The van der Waals surface area contributed by atoms with Crippen molar-refractivity contribution in [3.63, 3.8) is 0 Å². The van der Waals surface area contributed by atoms with Gasteiger partial charge in [-0.1, -0.05) is 30.7 Å². The Bertz CT molecular complexity index is 564. The number of aliphatic hydroxyl groups is 1. The Morgan fingerprint density at radius 1 is 1.26 bits per heavy atom. The number of rotatable bonds is 4. The number of para-hydroxylation sites is 1. The van der Waals surface area contributed by atoms with E-state index in [-0.39, 0.29) is 24.0 Å². The summed E-state index contributed by atoms with van der Waals surface area (Å²) in [5.41, 5.74) is 0.873. The van der Waals surface area contributed by atoms with Crippen molar-refractivity contribution >= 4 is 23.2 Å². The van der Waals surface area contributed by atoms with Crippen molar-refractivity contribution in [2.75, 3.05) is 31.1 Å². The van der Waals surface area contributed by atoms with Gasteiger partial charge < -0.3 is 10.0 Å². The molecule has 2 aliphatic rings. The molecule has 1 N–H and O–H groups in total. The lowest BCUT2D eigenvalue weighted by molar-refractivity contribution is -0.122. The molecule has 0 spiro atoms. The van der Waals surface area contributed by atoms with Crippen LogP contribution in [-0.4, -0.2) is 48.2 Å². The van der Waals surface area contributed by atoms with E-state index in [0.29, 0.717) is 5.02 Å². The van der Waals surface area contributed by atoms with Crippen LogP contribution in [0.1, 0.15) is 32.6 Å². The number of anilines is 1. The number of likely N-dealkylation sites (tertiary alicyclic amines) is 1. The van der Waals surface area contributed by atoms with Crippen molar-refractivity contribution < 1.29 is 9.90 Å². The summed E-state index contributed by atoms with van der Waals surface area (Å²) in [6, 6.07) is 7.50. The minimum absolute atomic E-state index is 0.0418. The van der Waals surface area contributed by atoms with Crippen molar-refractivity contribution in [3.05, 3.63) is 29.3 Å². The Hall–Kier alpha value is -1.10. The summed E-state index contributed by atoms with van der Waals surface area (Å²) < 4.78 is 0. The zero-order valence-electron chi connectivity index (χ0n) is 13.7. The zero-order chi connectivity index (χ0) is 16.4. The van der Waals surface area contributed by atoms with Gasteiger partial charge in [0.2, 0.25) is 5.91 Å². The van der Waals surface area contributed by atoms with Crippen LogP contribution in [0.3, 0.4) is 0 Å². The maximum Gasteiger partial charge on any atom is 0.244 e. The van der Waals surface area contributed by atoms with Gasteiger partial charge in [-0.25, -0.2) is 0 Å². The summed E-state index contributed by atoms with van der Waals surface area (Å²) in [6.45, 7) is 4.90. The summed E-state index contributed by atoms with van der Waals surface area (Å²) in [7, 11) is 0. The smallest absolute Gasteiger partial charge is 0.244 e. The average molecular weight is 337 g/mol. The number of hydrogen-bond donors (Lipinski definition) is 1. The number of carbonyl (C=O) groups is 1. The molecule has 0 bridgehead atoms. The van der Waals surface area contributed by atoms with E-state index in [9.17, 15) is 9.90 Å². The first kappa shape index (κ1) is 16.7. The standard InChI is InChI=1S/C18H25ClN2O2/c1-2-18(13-22)8-11-20(12-9-18)16-7-10-21(17(16)23)15-6-4-3-5-14(15)19/h3-6,16,22H,2,7-13H2,1H3. The highest BCUT2D eigenvalue weighted by atomic mass is 35.5. The van der Waals surface area contributed by atoms with Gasteiger partial charge in [-0.3, -0.25) is 9.69 Å². The molecule has 1 unspecified atom stereocenters. The first-order valence-corrected chi connectivity index (χ1v) is 8.89. The lowest BCUT2D eigenvalue weighted by Crippen LogP contribution is -2.49. The molecule has 0 aliphatic carbocycles. The minimum atomic E-state index is -0.0418. The molecule has 1 amide bonds. The number of nitrogens with zero attached hydrogens (tertiary/aromatic N) is 2. The summed E-state index contributed by atoms with van der Waals surface area (Å²) in [5.74, 6) is 0.158. The second-order valence-electron chi connectivity index (χ2n) is 6.79. The van der Waals surface area contributed by atoms with Gasteiger partial charge in [0.15, 0.2) is 0 Å². The van der Waals surface area contributed by atoms with Crippen LogP contribution in [0, 0.1) is 5.41 Å². The predicted molar refractivity (Wildman–Crippen MR) is 92.8 cm³/mol. The SMILES string of the molecule is CCC1(CO)CCN(C2CCN(c3ccccc3Cl)C2=O)CC1. The summed E-state index contributed by atoms with van der Waals surface area (Å²) >= 11 is 6.24. The number of amides is 1. The number of aliphatic hydroxyl groups excluding tert-OH is 1. The third-order valence-corrected chi connectivity index (χ3v) is 6.02. The van der Waals surface area contributed by atoms with Gasteiger partial charge in [0.25, 0.3) is 0 Å². The Morgan fingerprint density at radius 2 is 1.96 bits per heavy atom. The quantitative estimate of drug-likeness (QED) is 0.919. The van der Waals surface area contributed by atoms with E-state index in [1.165, 1.54) is 0 Å². The van der Waals surface area contributed by atoms with Crippen molar-refractivity contribution in [3.8, 4) is 0 Å². The minimum Gasteiger partial charge on any atom is -0.396 e. The van der Waals surface area contributed by atoms with Crippen LogP contribution in [0.4, 0.5) is 5.69 Å². The number of hydrogen-bond acceptors (Lipinski definition) is 3. The van der Waals surface area contributed by atoms with Gasteiger partial charge in [-0.05, 0) is 56.3 Å². The van der Waals surface area contributed by atoms with Gasteiger partial charge in [-0.15, -0.1) is 0 Å². The van der Waals surface area contributed by atoms with Crippen molar-refractivity contribution in [2.24, 2.45) is 5.41 Å². The molecule has 5 heteroatoms. The fourth-order valence-corrected chi connectivity index (χ4v) is 4.08. The maximum absolute atomic E-state index is 12.8.